The Hall–Kier alpha value is -0.960. The average molecular weight is 320 g/mol. The zero-order valence-corrected chi connectivity index (χ0v) is 13.0. The lowest BCUT2D eigenvalue weighted by Gasteiger charge is -2.13. The number of rotatable bonds is 9. The molecule has 0 aliphatic carbocycles. The summed E-state index contributed by atoms with van der Waals surface area (Å²) in [6.45, 7) is 2.02. The molecule has 0 aliphatic heterocycles. The smallest absolute Gasteiger partial charge is 0.250 e. The number of aliphatic hydroxyl groups excluding tert-OH is 1. The van der Waals surface area contributed by atoms with Crippen molar-refractivity contribution in [3.63, 3.8) is 0 Å². The number of carbonyl (C=O) groups excluding carboxylic acids is 1. The number of aliphatic hydroxyl groups is 1. The summed E-state index contributed by atoms with van der Waals surface area (Å²) in [4.78, 5) is 11.6. The van der Waals surface area contributed by atoms with Gasteiger partial charge in [-0.15, -0.1) is 11.3 Å². The Morgan fingerprint density at radius 1 is 1.50 bits per heavy atom. The first-order valence-corrected chi connectivity index (χ1v) is 8.75. The van der Waals surface area contributed by atoms with Crippen molar-refractivity contribution < 1.29 is 18.3 Å². The van der Waals surface area contributed by atoms with Crippen LogP contribution in [-0.2, 0) is 14.8 Å². The lowest BCUT2D eigenvalue weighted by Crippen LogP contribution is -2.35. The molecule has 0 bridgehead atoms. The molecule has 0 aromatic carbocycles. The standard InChI is InChI=1S/C12H20N2O4S2/c1-10(4-2-8-15)14-11(16)6-7-13-20(17,18)12-5-3-9-19-12/h3,5,9-10,13,15H,2,4,6-8H2,1H3,(H,14,16). The van der Waals surface area contributed by atoms with Crippen molar-refractivity contribution in [3.8, 4) is 0 Å². The number of sulfonamides is 1. The summed E-state index contributed by atoms with van der Waals surface area (Å²) in [7, 11) is -3.50. The van der Waals surface area contributed by atoms with Crippen LogP contribution in [0.5, 0.6) is 0 Å². The fraction of sp³-hybridized carbons (Fsp3) is 0.583. The number of hydrogen-bond donors (Lipinski definition) is 3. The van der Waals surface area contributed by atoms with E-state index in [0.29, 0.717) is 12.8 Å². The molecule has 0 saturated carbocycles. The average Bonchev–Trinajstić information content (AvgIpc) is 2.90. The molecule has 0 aliphatic rings. The minimum atomic E-state index is -3.50. The highest BCUT2D eigenvalue weighted by Gasteiger charge is 2.15. The molecule has 6 nitrogen and oxygen atoms in total. The van der Waals surface area contributed by atoms with Gasteiger partial charge in [0.1, 0.15) is 4.21 Å². The van der Waals surface area contributed by atoms with E-state index in [0.717, 1.165) is 11.3 Å². The number of nitrogens with one attached hydrogen (secondary N) is 2. The van der Waals surface area contributed by atoms with Crippen molar-refractivity contribution in [2.45, 2.75) is 36.4 Å². The molecule has 8 heteroatoms. The van der Waals surface area contributed by atoms with Crippen LogP contribution in [0.4, 0.5) is 0 Å². The van der Waals surface area contributed by atoms with Gasteiger partial charge in [0.05, 0.1) is 0 Å². The van der Waals surface area contributed by atoms with Gasteiger partial charge in [0, 0.05) is 25.6 Å². The van der Waals surface area contributed by atoms with Gasteiger partial charge in [-0.25, -0.2) is 13.1 Å². The van der Waals surface area contributed by atoms with Crippen LogP contribution in [-0.4, -0.2) is 38.6 Å². The molecule has 0 fully saturated rings. The third-order valence-electron chi connectivity index (χ3n) is 2.61. The van der Waals surface area contributed by atoms with Crippen LogP contribution in [0.25, 0.3) is 0 Å². The van der Waals surface area contributed by atoms with E-state index in [9.17, 15) is 13.2 Å². The van der Waals surface area contributed by atoms with Crippen LogP contribution >= 0.6 is 11.3 Å². The summed E-state index contributed by atoms with van der Waals surface area (Å²) < 4.78 is 26.2. The van der Waals surface area contributed by atoms with Gasteiger partial charge < -0.3 is 10.4 Å². The lowest BCUT2D eigenvalue weighted by atomic mass is 10.2. The van der Waals surface area contributed by atoms with Gasteiger partial charge in [0.2, 0.25) is 15.9 Å². The second kappa shape index (κ2) is 8.35. The molecule has 0 radical (unpaired) electrons. The molecule has 1 amide bonds. The second-order valence-electron chi connectivity index (χ2n) is 4.41. The Balaban J connectivity index is 2.28. The maximum Gasteiger partial charge on any atom is 0.250 e. The molecule has 0 spiro atoms. The SMILES string of the molecule is CC(CCCO)NC(=O)CCNS(=O)(=O)c1cccs1. The van der Waals surface area contributed by atoms with Crippen molar-refractivity contribution in [1.29, 1.82) is 0 Å². The normalized spacial score (nSPS) is 13.1. The van der Waals surface area contributed by atoms with Crippen LogP contribution in [0.1, 0.15) is 26.2 Å². The zero-order valence-electron chi connectivity index (χ0n) is 11.3. The highest BCUT2D eigenvalue weighted by Crippen LogP contribution is 2.14. The quantitative estimate of drug-likeness (QED) is 0.624. The molecule has 1 unspecified atom stereocenters. The molecular weight excluding hydrogens is 300 g/mol. The summed E-state index contributed by atoms with van der Waals surface area (Å²) in [5, 5.41) is 13.1. The Kier molecular flexibility index (Phi) is 7.14. The van der Waals surface area contributed by atoms with E-state index in [1.165, 1.54) is 6.07 Å². The molecule has 20 heavy (non-hydrogen) atoms. The molecule has 1 aromatic heterocycles. The van der Waals surface area contributed by atoms with E-state index in [4.69, 9.17) is 5.11 Å². The van der Waals surface area contributed by atoms with Crippen molar-refractivity contribution in [2.24, 2.45) is 0 Å². The highest BCUT2D eigenvalue weighted by atomic mass is 32.2. The van der Waals surface area contributed by atoms with E-state index >= 15 is 0 Å². The molecule has 1 atom stereocenters. The number of hydrogen-bond acceptors (Lipinski definition) is 5. The van der Waals surface area contributed by atoms with Gasteiger partial charge in [-0.05, 0) is 31.2 Å². The Bertz CT molecular complexity index is 500. The van der Waals surface area contributed by atoms with Crippen molar-refractivity contribution >= 4 is 27.3 Å². The molecule has 3 N–H and O–H groups in total. The van der Waals surface area contributed by atoms with Crippen molar-refractivity contribution in [3.05, 3.63) is 17.5 Å². The molecule has 0 saturated heterocycles. The summed E-state index contributed by atoms with van der Waals surface area (Å²) in [5.74, 6) is -0.204. The Morgan fingerprint density at radius 2 is 2.25 bits per heavy atom. The van der Waals surface area contributed by atoms with E-state index in [1.54, 1.807) is 11.4 Å². The molecule has 114 valence electrons. The second-order valence-corrected chi connectivity index (χ2v) is 7.36. The topological polar surface area (TPSA) is 95.5 Å². The minimum absolute atomic E-state index is 0.0245. The first-order chi connectivity index (χ1) is 9.45. The van der Waals surface area contributed by atoms with Crippen molar-refractivity contribution in [2.75, 3.05) is 13.2 Å². The number of amides is 1. The van der Waals surface area contributed by atoms with Gasteiger partial charge in [-0.3, -0.25) is 4.79 Å². The van der Waals surface area contributed by atoms with Gasteiger partial charge in [-0.2, -0.15) is 0 Å². The number of thiophene rings is 1. The van der Waals surface area contributed by atoms with E-state index in [-0.39, 0.29) is 35.7 Å². The Labute approximate surface area is 123 Å². The predicted molar refractivity (Wildman–Crippen MR) is 78.0 cm³/mol. The van der Waals surface area contributed by atoms with Gasteiger partial charge in [0.15, 0.2) is 0 Å². The summed E-state index contributed by atoms with van der Waals surface area (Å²) in [6, 6.07) is 3.15. The monoisotopic (exact) mass is 320 g/mol. The van der Waals surface area contributed by atoms with E-state index in [2.05, 4.69) is 10.0 Å². The summed E-state index contributed by atoms with van der Waals surface area (Å²) in [5.41, 5.74) is 0. The first kappa shape index (κ1) is 17.1. The highest BCUT2D eigenvalue weighted by molar-refractivity contribution is 7.91. The fourth-order valence-corrected chi connectivity index (χ4v) is 3.67. The minimum Gasteiger partial charge on any atom is -0.396 e. The van der Waals surface area contributed by atoms with E-state index < -0.39 is 10.0 Å². The molecule has 1 rings (SSSR count). The fourth-order valence-electron chi connectivity index (χ4n) is 1.60. The largest absolute Gasteiger partial charge is 0.396 e. The Morgan fingerprint density at radius 3 is 2.85 bits per heavy atom. The van der Waals surface area contributed by atoms with Gasteiger partial charge in [0.25, 0.3) is 0 Å². The van der Waals surface area contributed by atoms with Crippen LogP contribution in [0, 0.1) is 0 Å². The first-order valence-electron chi connectivity index (χ1n) is 6.39. The van der Waals surface area contributed by atoms with Crippen molar-refractivity contribution in [1.82, 2.24) is 10.0 Å². The molecule has 1 heterocycles. The van der Waals surface area contributed by atoms with Crippen LogP contribution < -0.4 is 10.0 Å². The van der Waals surface area contributed by atoms with Crippen LogP contribution in [0.15, 0.2) is 21.7 Å². The van der Waals surface area contributed by atoms with Gasteiger partial charge in [-0.1, -0.05) is 6.07 Å². The lowest BCUT2D eigenvalue weighted by molar-refractivity contribution is -0.121. The van der Waals surface area contributed by atoms with Crippen LogP contribution in [0.2, 0.25) is 0 Å². The maximum absolute atomic E-state index is 11.8. The molecular formula is C12H20N2O4S2. The summed E-state index contributed by atoms with van der Waals surface area (Å²) >= 11 is 1.13. The van der Waals surface area contributed by atoms with Crippen LogP contribution in [0.3, 0.4) is 0 Å². The third-order valence-corrected chi connectivity index (χ3v) is 5.47. The summed E-state index contributed by atoms with van der Waals surface area (Å²) in [6.07, 6.45) is 1.42. The van der Waals surface area contributed by atoms with Gasteiger partial charge >= 0.3 is 0 Å². The maximum atomic E-state index is 11.8. The third kappa shape index (κ3) is 6.00. The zero-order chi connectivity index (χ0) is 15.0. The predicted octanol–water partition coefficient (Wildman–Crippen LogP) is 0.694. The molecule has 1 aromatic rings. The number of carbonyl (C=O) groups is 1. The van der Waals surface area contributed by atoms with E-state index in [1.807, 2.05) is 6.92 Å².